The lowest BCUT2D eigenvalue weighted by molar-refractivity contribution is -0.384. The molecule has 3 aromatic carbocycles. The summed E-state index contributed by atoms with van der Waals surface area (Å²) in [4.78, 5) is 27.9. The van der Waals surface area contributed by atoms with Crippen LogP contribution in [0.15, 0.2) is 96.0 Å². The van der Waals surface area contributed by atoms with Crippen molar-refractivity contribution in [2.75, 3.05) is 11.1 Å². The normalized spacial score (nSPS) is 10.3. The smallest absolute Gasteiger partial charge is 0.270 e. The Hall–Kier alpha value is -4.48. The van der Waals surface area contributed by atoms with Gasteiger partial charge in [0, 0.05) is 28.9 Å². The monoisotopic (exact) mass is 466 g/mol. The number of nitrogens with one attached hydrogen (secondary N) is 1. The number of para-hydroxylation sites is 1. The standard InChI is InChI=1S/C26H18N4O3S/c27-16-23-22(18-8-3-1-4-9-18)15-24(19-10-7-13-21(14-19)30(32)33)29-26(23)34-17-25(31)28-20-11-5-2-6-12-20/h1-15H,17H2,(H,28,31). The van der Waals surface area contributed by atoms with Crippen LogP contribution in [0.2, 0.25) is 0 Å². The van der Waals surface area contributed by atoms with Gasteiger partial charge in [-0.3, -0.25) is 14.9 Å². The van der Waals surface area contributed by atoms with E-state index >= 15 is 0 Å². The molecule has 0 fully saturated rings. The Kier molecular flexibility index (Phi) is 6.96. The summed E-state index contributed by atoms with van der Waals surface area (Å²) in [6.45, 7) is 0. The molecular weight excluding hydrogens is 448 g/mol. The van der Waals surface area contributed by atoms with Gasteiger partial charge >= 0.3 is 0 Å². The van der Waals surface area contributed by atoms with Crippen LogP contribution in [0.5, 0.6) is 0 Å². The van der Waals surface area contributed by atoms with Gasteiger partial charge in [0.25, 0.3) is 5.69 Å². The first-order valence-corrected chi connectivity index (χ1v) is 11.3. The number of pyridine rings is 1. The third kappa shape index (κ3) is 5.28. The van der Waals surface area contributed by atoms with Gasteiger partial charge in [-0.2, -0.15) is 5.26 Å². The van der Waals surface area contributed by atoms with E-state index in [-0.39, 0.29) is 17.3 Å². The van der Waals surface area contributed by atoms with Crippen LogP contribution in [0.1, 0.15) is 5.56 Å². The van der Waals surface area contributed by atoms with Gasteiger partial charge in [-0.15, -0.1) is 0 Å². The first kappa shape index (κ1) is 22.7. The Bertz CT molecular complexity index is 1390. The highest BCUT2D eigenvalue weighted by Crippen LogP contribution is 2.35. The van der Waals surface area contributed by atoms with Crippen LogP contribution in [-0.4, -0.2) is 21.6 Å². The number of nitrogens with zero attached hydrogens (tertiary/aromatic N) is 3. The van der Waals surface area contributed by atoms with Gasteiger partial charge in [-0.25, -0.2) is 4.98 Å². The van der Waals surface area contributed by atoms with Crippen molar-refractivity contribution >= 4 is 29.0 Å². The molecule has 1 aromatic heterocycles. The highest BCUT2D eigenvalue weighted by molar-refractivity contribution is 8.00. The molecule has 0 aliphatic rings. The number of amides is 1. The maximum atomic E-state index is 12.5. The maximum absolute atomic E-state index is 12.5. The van der Waals surface area contributed by atoms with E-state index in [0.717, 1.165) is 17.3 Å². The van der Waals surface area contributed by atoms with Crippen LogP contribution in [-0.2, 0) is 4.79 Å². The summed E-state index contributed by atoms with van der Waals surface area (Å²) >= 11 is 1.15. The quantitative estimate of drug-likeness (QED) is 0.205. The second-order valence-electron chi connectivity index (χ2n) is 7.22. The molecule has 0 saturated heterocycles. The van der Waals surface area contributed by atoms with Crippen molar-refractivity contribution in [2.24, 2.45) is 0 Å². The molecule has 0 saturated carbocycles. The number of anilines is 1. The number of rotatable bonds is 7. The molecule has 4 rings (SSSR count). The van der Waals surface area contributed by atoms with Gasteiger partial charge in [-0.05, 0) is 23.8 Å². The van der Waals surface area contributed by atoms with E-state index in [1.54, 1.807) is 30.3 Å². The van der Waals surface area contributed by atoms with Crippen LogP contribution >= 0.6 is 11.8 Å². The SMILES string of the molecule is N#Cc1c(-c2ccccc2)cc(-c2cccc([N+](=O)[O-])c2)nc1SCC(=O)Nc1ccccc1. The van der Waals surface area contributed by atoms with Crippen molar-refractivity contribution in [1.82, 2.24) is 4.98 Å². The first-order chi connectivity index (χ1) is 16.5. The average Bonchev–Trinajstić information content (AvgIpc) is 2.88. The Morgan fingerprint density at radius 3 is 2.32 bits per heavy atom. The molecule has 0 aliphatic carbocycles. The molecule has 4 aromatic rings. The number of nitriles is 1. The highest BCUT2D eigenvalue weighted by atomic mass is 32.2. The van der Waals surface area contributed by atoms with Crippen LogP contribution < -0.4 is 5.32 Å². The maximum Gasteiger partial charge on any atom is 0.270 e. The zero-order valence-electron chi connectivity index (χ0n) is 17.8. The number of carbonyl (C=O) groups excluding carboxylic acids is 1. The molecular formula is C26H18N4O3S. The summed E-state index contributed by atoms with van der Waals surface area (Å²) in [7, 11) is 0. The Morgan fingerprint density at radius 1 is 0.971 bits per heavy atom. The average molecular weight is 467 g/mol. The number of benzene rings is 3. The number of non-ortho nitro benzene ring substituents is 1. The highest BCUT2D eigenvalue weighted by Gasteiger charge is 2.18. The molecule has 0 atom stereocenters. The molecule has 1 N–H and O–H groups in total. The molecule has 0 radical (unpaired) electrons. The largest absolute Gasteiger partial charge is 0.325 e. The number of hydrogen-bond donors (Lipinski definition) is 1. The minimum absolute atomic E-state index is 0.0448. The van der Waals surface area contributed by atoms with Gasteiger partial charge in [0.05, 0.1) is 21.9 Å². The third-order valence-corrected chi connectivity index (χ3v) is 5.91. The minimum Gasteiger partial charge on any atom is -0.325 e. The number of nitro benzene ring substituents is 1. The molecule has 0 unspecified atom stereocenters. The summed E-state index contributed by atoms with van der Waals surface area (Å²) in [5.74, 6) is -0.188. The van der Waals surface area contributed by atoms with Gasteiger partial charge in [0.1, 0.15) is 11.1 Å². The van der Waals surface area contributed by atoms with Crippen LogP contribution in [0.4, 0.5) is 11.4 Å². The Labute approximate surface area is 200 Å². The summed E-state index contributed by atoms with van der Waals surface area (Å²) < 4.78 is 0. The molecule has 34 heavy (non-hydrogen) atoms. The zero-order valence-corrected chi connectivity index (χ0v) is 18.7. The summed E-state index contributed by atoms with van der Waals surface area (Å²) in [6, 6.07) is 28.6. The first-order valence-electron chi connectivity index (χ1n) is 10.3. The van der Waals surface area contributed by atoms with E-state index in [9.17, 15) is 20.2 Å². The van der Waals surface area contributed by atoms with E-state index in [4.69, 9.17) is 0 Å². The fourth-order valence-electron chi connectivity index (χ4n) is 3.36. The van der Waals surface area contributed by atoms with E-state index in [2.05, 4.69) is 16.4 Å². The Balaban J connectivity index is 1.73. The van der Waals surface area contributed by atoms with Crippen LogP contribution in [0, 0.1) is 21.4 Å². The number of thioether (sulfide) groups is 1. The van der Waals surface area contributed by atoms with Crippen molar-refractivity contribution in [2.45, 2.75) is 5.03 Å². The molecule has 7 nitrogen and oxygen atoms in total. The van der Waals surface area contributed by atoms with Crippen LogP contribution in [0.25, 0.3) is 22.4 Å². The predicted molar refractivity (Wildman–Crippen MR) is 132 cm³/mol. The van der Waals surface area contributed by atoms with Crippen LogP contribution in [0.3, 0.4) is 0 Å². The molecule has 0 spiro atoms. The number of carbonyl (C=O) groups is 1. The second-order valence-corrected chi connectivity index (χ2v) is 8.19. The molecule has 0 aliphatic heterocycles. The van der Waals surface area contributed by atoms with E-state index in [1.165, 1.54) is 12.1 Å². The Morgan fingerprint density at radius 2 is 1.65 bits per heavy atom. The molecule has 1 amide bonds. The predicted octanol–water partition coefficient (Wildman–Crippen LogP) is 5.93. The van der Waals surface area contributed by atoms with Crippen molar-refractivity contribution in [3.63, 3.8) is 0 Å². The molecule has 8 heteroatoms. The topological polar surface area (TPSA) is 109 Å². The van der Waals surface area contributed by atoms with Gasteiger partial charge in [0.2, 0.25) is 5.91 Å². The van der Waals surface area contributed by atoms with E-state index < -0.39 is 4.92 Å². The molecule has 1 heterocycles. The van der Waals surface area contributed by atoms with Gasteiger partial charge in [0.15, 0.2) is 0 Å². The number of nitro groups is 1. The van der Waals surface area contributed by atoms with Gasteiger partial charge in [-0.1, -0.05) is 72.4 Å². The lowest BCUT2D eigenvalue weighted by Gasteiger charge is -2.13. The van der Waals surface area contributed by atoms with Crippen molar-refractivity contribution in [3.8, 4) is 28.5 Å². The van der Waals surface area contributed by atoms with E-state index in [1.807, 2.05) is 48.5 Å². The van der Waals surface area contributed by atoms with Crippen molar-refractivity contribution in [1.29, 1.82) is 5.26 Å². The van der Waals surface area contributed by atoms with Crippen molar-refractivity contribution in [3.05, 3.63) is 107 Å². The summed E-state index contributed by atoms with van der Waals surface area (Å²) in [6.07, 6.45) is 0. The van der Waals surface area contributed by atoms with Gasteiger partial charge < -0.3 is 5.32 Å². The second kappa shape index (κ2) is 10.4. The lowest BCUT2D eigenvalue weighted by atomic mass is 9.99. The summed E-state index contributed by atoms with van der Waals surface area (Å²) in [5.41, 5.74) is 3.45. The van der Waals surface area contributed by atoms with E-state index in [0.29, 0.717) is 33.1 Å². The number of aromatic nitrogens is 1. The molecule has 0 bridgehead atoms. The molecule has 166 valence electrons. The zero-order chi connectivity index (χ0) is 23.9. The van der Waals surface area contributed by atoms with Crippen molar-refractivity contribution < 1.29 is 9.72 Å². The lowest BCUT2D eigenvalue weighted by Crippen LogP contribution is -2.14. The number of hydrogen-bond acceptors (Lipinski definition) is 6. The minimum atomic E-state index is -0.463. The fraction of sp³-hybridized carbons (Fsp3) is 0.0385. The fourth-order valence-corrected chi connectivity index (χ4v) is 4.16. The summed E-state index contributed by atoms with van der Waals surface area (Å²) in [5, 5.41) is 24.4. The third-order valence-electron chi connectivity index (χ3n) is 4.93.